The van der Waals surface area contributed by atoms with E-state index in [1.807, 2.05) is 31.2 Å². The van der Waals surface area contributed by atoms with Gasteiger partial charge in [-0.15, -0.1) is 11.3 Å². The molecule has 0 saturated carbocycles. The first-order chi connectivity index (χ1) is 9.97. The van der Waals surface area contributed by atoms with E-state index in [-0.39, 0.29) is 5.78 Å². The van der Waals surface area contributed by atoms with Crippen LogP contribution in [0.4, 0.5) is 5.69 Å². The number of anilines is 1. The van der Waals surface area contributed by atoms with Crippen molar-refractivity contribution in [1.29, 1.82) is 0 Å². The second kappa shape index (κ2) is 5.24. The Morgan fingerprint density at radius 1 is 1.29 bits per heavy atom. The van der Waals surface area contributed by atoms with Crippen molar-refractivity contribution in [2.75, 3.05) is 5.73 Å². The van der Waals surface area contributed by atoms with Gasteiger partial charge in [0.2, 0.25) is 0 Å². The van der Waals surface area contributed by atoms with Crippen LogP contribution in [0.15, 0.2) is 34.8 Å². The Hall–Kier alpha value is -1.72. The quantitative estimate of drug-likeness (QED) is 0.666. The van der Waals surface area contributed by atoms with Gasteiger partial charge in [-0.2, -0.15) is 0 Å². The van der Waals surface area contributed by atoms with E-state index < -0.39 is 0 Å². The number of hydrogen-bond acceptors (Lipinski definition) is 4. The number of benzene rings is 1. The highest BCUT2D eigenvalue weighted by Crippen LogP contribution is 2.41. The van der Waals surface area contributed by atoms with Crippen LogP contribution in [-0.4, -0.2) is 10.8 Å². The van der Waals surface area contributed by atoms with Crippen molar-refractivity contribution in [2.24, 2.45) is 0 Å². The summed E-state index contributed by atoms with van der Waals surface area (Å²) in [7, 11) is 0. The number of thiophene rings is 1. The van der Waals surface area contributed by atoms with Gasteiger partial charge in [-0.1, -0.05) is 28.1 Å². The van der Waals surface area contributed by atoms with Crippen molar-refractivity contribution < 1.29 is 4.79 Å². The molecule has 2 heterocycles. The van der Waals surface area contributed by atoms with E-state index in [2.05, 4.69) is 20.9 Å². The molecular weight excluding hydrogens is 348 g/mol. The summed E-state index contributed by atoms with van der Waals surface area (Å²) >= 11 is 4.95. The van der Waals surface area contributed by atoms with Gasteiger partial charge < -0.3 is 5.73 Å². The van der Waals surface area contributed by atoms with E-state index in [4.69, 9.17) is 5.73 Å². The van der Waals surface area contributed by atoms with E-state index in [1.165, 1.54) is 11.3 Å². The van der Waals surface area contributed by atoms with Crippen LogP contribution in [0.3, 0.4) is 0 Å². The molecule has 1 aromatic carbocycles. The molecule has 0 aliphatic heterocycles. The molecule has 0 unspecified atom stereocenters. The molecule has 0 radical (unpaired) electrons. The number of pyridine rings is 1. The molecular formula is C16H13BrN2OS. The fourth-order valence-electron chi connectivity index (χ4n) is 2.34. The number of halogens is 1. The first-order valence-corrected chi connectivity index (χ1v) is 8.05. The second-order valence-corrected chi connectivity index (χ2v) is 6.81. The predicted octanol–water partition coefficient (Wildman–Crippen LogP) is 4.82. The molecule has 0 fully saturated rings. The fraction of sp³-hybridized carbons (Fsp3) is 0.125. The van der Waals surface area contributed by atoms with E-state index in [0.29, 0.717) is 11.3 Å². The highest BCUT2D eigenvalue weighted by Gasteiger charge is 2.18. The lowest BCUT2D eigenvalue weighted by Crippen LogP contribution is -1.97. The predicted molar refractivity (Wildman–Crippen MR) is 91.9 cm³/mol. The number of carbonyl (C=O) groups excluding carboxylic acids is 1. The monoisotopic (exact) mass is 360 g/mol. The summed E-state index contributed by atoms with van der Waals surface area (Å²) in [6.07, 6.45) is 0. The van der Waals surface area contributed by atoms with Crippen LogP contribution in [0.5, 0.6) is 0 Å². The smallest absolute Gasteiger partial charge is 0.160 e. The molecule has 2 N–H and O–H groups in total. The summed E-state index contributed by atoms with van der Waals surface area (Å²) < 4.78 is 1.02. The van der Waals surface area contributed by atoms with Crippen molar-refractivity contribution in [2.45, 2.75) is 13.8 Å². The molecule has 0 saturated heterocycles. The van der Waals surface area contributed by atoms with Gasteiger partial charge in [-0.05, 0) is 37.6 Å². The van der Waals surface area contributed by atoms with Crippen LogP contribution >= 0.6 is 27.3 Å². The van der Waals surface area contributed by atoms with Gasteiger partial charge in [0.05, 0.1) is 10.6 Å². The van der Waals surface area contributed by atoms with E-state index >= 15 is 0 Å². The zero-order valence-electron chi connectivity index (χ0n) is 11.6. The Balaban J connectivity index is 2.31. The van der Waals surface area contributed by atoms with Crippen LogP contribution in [0, 0.1) is 6.92 Å². The maximum absolute atomic E-state index is 11.9. The van der Waals surface area contributed by atoms with E-state index in [9.17, 15) is 4.79 Å². The topological polar surface area (TPSA) is 56.0 Å². The van der Waals surface area contributed by atoms with Gasteiger partial charge in [-0.3, -0.25) is 4.79 Å². The van der Waals surface area contributed by atoms with Crippen molar-refractivity contribution in [3.63, 3.8) is 0 Å². The van der Waals surface area contributed by atoms with Crippen molar-refractivity contribution in [1.82, 2.24) is 4.98 Å². The van der Waals surface area contributed by atoms with E-state index in [1.54, 1.807) is 13.0 Å². The average molecular weight is 361 g/mol. The maximum atomic E-state index is 11.9. The molecule has 3 aromatic rings. The SMILES string of the molecule is CC(=O)c1cc(C)nc2sc(-c3ccc(Br)cc3)c(N)c12. The molecule has 0 amide bonds. The van der Waals surface area contributed by atoms with Gasteiger partial charge in [-0.25, -0.2) is 4.98 Å². The third-order valence-electron chi connectivity index (χ3n) is 3.31. The summed E-state index contributed by atoms with van der Waals surface area (Å²) in [6, 6.07) is 9.77. The normalized spacial score (nSPS) is 11.0. The average Bonchev–Trinajstić information content (AvgIpc) is 2.76. The fourth-order valence-corrected chi connectivity index (χ4v) is 3.77. The number of nitrogens with zero attached hydrogens (tertiary/aromatic N) is 1. The maximum Gasteiger partial charge on any atom is 0.160 e. The van der Waals surface area contributed by atoms with E-state index in [0.717, 1.165) is 30.8 Å². The minimum Gasteiger partial charge on any atom is -0.397 e. The Kier molecular flexibility index (Phi) is 3.55. The number of nitrogen functional groups attached to an aromatic ring is 1. The summed E-state index contributed by atoms with van der Waals surface area (Å²) in [5.41, 5.74) is 9.45. The van der Waals surface area contributed by atoms with Gasteiger partial charge in [0.25, 0.3) is 0 Å². The van der Waals surface area contributed by atoms with Crippen molar-refractivity contribution in [3.8, 4) is 10.4 Å². The number of aryl methyl sites for hydroxylation is 1. The first kappa shape index (κ1) is 14.2. The Morgan fingerprint density at radius 3 is 2.57 bits per heavy atom. The Bertz CT molecular complexity index is 853. The Labute approximate surface area is 134 Å². The number of ketones is 1. The third-order valence-corrected chi connectivity index (χ3v) is 4.99. The zero-order valence-corrected chi connectivity index (χ0v) is 14.0. The molecule has 3 rings (SSSR count). The molecule has 0 atom stereocenters. The third kappa shape index (κ3) is 2.47. The minimum atomic E-state index is 0.0114. The van der Waals surface area contributed by atoms with Crippen LogP contribution in [0.2, 0.25) is 0 Å². The Morgan fingerprint density at radius 2 is 1.95 bits per heavy atom. The number of Topliss-reactive ketones (excluding diaryl/α,β-unsaturated/α-hetero) is 1. The van der Waals surface area contributed by atoms with Crippen molar-refractivity contribution >= 4 is 49.0 Å². The molecule has 106 valence electrons. The molecule has 0 aliphatic carbocycles. The second-order valence-electron chi connectivity index (χ2n) is 4.90. The lowest BCUT2D eigenvalue weighted by Gasteiger charge is -2.03. The van der Waals surface area contributed by atoms with Gasteiger partial charge in [0.1, 0.15) is 4.83 Å². The first-order valence-electron chi connectivity index (χ1n) is 6.44. The zero-order chi connectivity index (χ0) is 15.1. The van der Waals surface area contributed by atoms with Gasteiger partial charge >= 0.3 is 0 Å². The standard InChI is InChI=1S/C16H13BrN2OS/c1-8-7-12(9(2)20)13-14(18)15(21-16(13)19-8)10-3-5-11(17)6-4-10/h3-7H,18H2,1-2H3. The minimum absolute atomic E-state index is 0.0114. The lowest BCUT2D eigenvalue weighted by atomic mass is 10.1. The molecule has 21 heavy (non-hydrogen) atoms. The van der Waals surface area contributed by atoms with Crippen LogP contribution < -0.4 is 5.73 Å². The molecule has 0 spiro atoms. The summed E-state index contributed by atoms with van der Waals surface area (Å²) in [6.45, 7) is 3.45. The summed E-state index contributed by atoms with van der Waals surface area (Å²) in [5, 5.41) is 0.774. The highest BCUT2D eigenvalue weighted by molar-refractivity contribution is 9.10. The highest BCUT2D eigenvalue weighted by atomic mass is 79.9. The number of hydrogen-bond donors (Lipinski definition) is 1. The van der Waals surface area contributed by atoms with Crippen LogP contribution in [-0.2, 0) is 0 Å². The van der Waals surface area contributed by atoms with Gasteiger partial charge in [0, 0.05) is 21.1 Å². The number of nitrogens with two attached hydrogens (primary N) is 1. The summed E-state index contributed by atoms with van der Waals surface area (Å²) in [4.78, 5) is 18.2. The number of carbonyl (C=O) groups is 1. The summed E-state index contributed by atoms with van der Waals surface area (Å²) in [5.74, 6) is 0.0114. The van der Waals surface area contributed by atoms with Crippen molar-refractivity contribution in [3.05, 3.63) is 46.1 Å². The van der Waals surface area contributed by atoms with Crippen LogP contribution in [0.1, 0.15) is 23.0 Å². The number of aromatic nitrogens is 1. The number of fused-ring (bicyclic) bond motifs is 1. The molecule has 2 aromatic heterocycles. The molecule has 5 heteroatoms. The largest absolute Gasteiger partial charge is 0.397 e. The molecule has 3 nitrogen and oxygen atoms in total. The lowest BCUT2D eigenvalue weighted by molar-refractivity contribution is 0.101. The van der Waals surface area contributed by atoms with Gasteiger partial charge in [0.15, 0.2) is 5.78 Å². The number of rotatable bonds is 2. The molecule has 0 bridgehead atoms. The molecule has 0 aliphatic rings. The van der Waals surface area contributed by atoms with Crippen LogP contribution in [0.25, 0.3) is 20.7 Å².